The van der Waals surface area contributed by atoms with Crippen molar-refractivity contribution in [3.63, 3.8) is 0 Å². The summed E-state index contributed by atoms with van der Waals surface area (Å²) in [5.41, 5.74) is 4.47. The lowest BCUT2D eigenvalue weighted by atomic mass is 10.1. The maximum atomic E-state index is 5.41. The zero-order chi connectivity index (χ0) is 19.3. The monoisotopic (exact) mass is 372 g/mol. The smallest absolute Gasteiger partial charge is 0.141 e. The molecule has 0 saturated carbocycles. The second-order valence-electron chi connectivity index (χ2n) is 6.76. The molecule has 28 heavy (non-hydrogen) atoms. The first-order valence-electron chi connectivity index (χ1n) is 9.51. The molecule has 0 radical (unpaired) electrons. The van der Waals surface area contributed by atoms with Crippen LogP contribution in [0.4, 0.5) is 0 Å². The molecule has 0 N–H and O–H groups in total. The lowest BCUT2D eigenvalue weighted by molar-refractivity contribution is 0.415. The van der Waals surface area contributed by atoms with E-state index < -0.39 is 0 Å². The molecule has 1 aromatic heterocycles. The van der Waals surface area contributed by atoms with Crippen LogP contribution in [0, 0.1) is 0 Å². The molecular weight excluding hydrogens is 348 g/mol. The Morgan fingerprint density at radius 3 is 2.39 bits per heavy atom. The Bertz CT molecular complexity index is 1070. The van der Waals surface area contributed by atoms with Crippen LogP contribution in [0.15, 0.2) is 72.8 Å². The summed E-state index contributed by atoms with van der Waals surface area (Å²) in [5, 5.41) is 0. The van der Waals surface area contributed by atoms with Crippen LogP contribution in [0.25, 0.3) is 22.4 Å². The second kappa shape index (κ2) is 8.17. The van der Waals surface area contributed by atoms with Crippen molar-refractivity contribution in [2.45, 2.75) is 19.4 Å². The quantitative estimate of drug-likeness (QED) is 0.438. The van der Waals surface area contributed by atoms with Crippen LogP contribution < -0.4 is 9.47 Å². The van der Waals surface area contributed by atoms with Crippen molar-refractivity contribution >= 4 is 11.0 Å². The molecule has 1 heterocycles. The van der Waals surface area contributed by atoms with Gasteiger partial charge in [-0.15, -0.1) is 0 Å². The molecule has 4 rings (SSSR count). The lowest BCUT2D eigenvalue weighted by Crippen LogP contribution is -2.02. The number of methoxy groups -OCH3 is 2. The summed E-state index contributed by atoms with van der Waals surface area (Å²) in [6, 6.07) is 24.7. The van der Waals surface area contributed by atoms with Gasteiger partial charge in [-0.05, 0) is 42.7 Å². The van der Waals surface area contributed by atoms with Crippen LogP contribution in [0.2, 0.25) is 0 Å². The molecule has 4 nitrogen and oxygen atoms in total. The first kappa shape index (κ1) is 18.1. The second-order valence-corrected chi connectivity index (χ2v) is 6.76. The fourth-order valence-corrected chi connectivity index (χ4v) is 3.53. The molecule has 3 aromatic carbocycles. The summed E-state index contributed by atoms with van der Waals surface area (Å²) in [6.45, 7) is 0.893. The van der Waals surface area contributed by atoms with Gasteiger partial charge in [0.1, 0.15) is 17.3 Å². The number of nitrogens with zero attached hydrogens (tertiary/aromatic N) is 2. The zero-order valence-corrected chi connectivity index (χ0v) is 16.3. The fourth-order valence-electron chi connectivity index (χ4n) is 3.53. The van der Waals surface area contributed by atoms with E-state index in [0.29, 0.717) is 0 Å². The van der Waals surface area contributed by atoms with Crippen molar-refractivity contribution in [3.05, 3.63) is 78.4 Å². The molecule has 0 aliphatic rings. The summed E-state index contributed by atoms with van der Waals surface area (Å²) in [4.78, 5) is 4.92. The van der Waals surface area contributed by atoms with Crippen molar-refractivity contribution in [2.24, 2.45) is 0 Å². The van der Waals surface area contributed by atoms with E-state index in [1.165, 1.54) is 5.56 Å². The zero-order valence-electron chi connectivity index (χ0n) is 16.3. The average molecular weight is 372 g/mol. The highest BCUT2D eigenvalue weighted by Gasteiger charge is 2.14. The summed E-state index contributed by atoms with van der Waals surface area (Å²) < 4.78 is 13.1. The van der Waals surface area contributed by atoms with E-state index in [2.05, 4.69) is 47.0 Å². The number of hydrogen-bond acceptors (Lipinski definition) is 3. The van der Waals surface area contributed by atoms with Gasteiger partial charge in [-0.1, -0.05) is 42.5 Å². The van der Waals surface area contributed by atoms with Crippen LogP contribution in [-0.4, -0.2) is 23.8 Å². The van der Waals surface area contributed by atoms with Crippen molar-refractivity contribution in [3.8, 4) is 22.9 Å². The predicted molar refractivity (Wildman–Crippen MR) is 113 cm³/mol. The molecule has 0 saturated heterocycles. The highest BCUT2D eigenvalue weighted by molar-refractivity contribution is 5.82. The van der Waals surface area contributed by atoms with Gasteiger partial charge in [0.05, 0.1) is 25.3 Å². The molecule has 0 bridgehead atoms. The SMILES string of the molecule is COc1cccc(-c2nc3cc(OC)ccc3n2CCCc2ccccc2)c1. The van der Waals surface area contributed by atoms with Crippen molar-refractivity contribution < 1.29 is 9.47 Å². The van der Waals surface area contributed by atoms with Crippen LogP contribution in [0.1, 0.15) is 12.0 Å². The molecule has 0 aliphatic carbocycles. The number of imidazole rings is 1. The average Bonchev–Trinajstić information content (AvgIpc) is 3.12. The van der Waals surface area contributed by atoms with Crippen LogP contribution >= 0.6 is 0 Å². The Morgan fingerprint density at radius 2 is 1.61 bits per heavy atom. The lowest BCUT2D eigenvalue weighted by Gasteiger charge is -2.11. The standard InChI is InChI=1S/C24H24N2O2/c1-27-20-12-6-11-19(16-20)24-25-22-17-21(28-2)13-14-23(22)26(24)15-7-10-18-8-4-3-5-9-18/h3-6,8-9,11-14,16-17H,7,10,15H2,1-2H3. The van der Waals surface area contributed by atoms with Gasteiger partial charge < -0.3 is 14.0 Å². The van der Waals surface area contributed by atoms with Gasteiger partial charge >= 0.3 is 0 Å². The van der Waals surface area contributed by atoms with Gasteiger partial charge in [0.2, 0.25) is 0 Å². The molecular formula is C24H24N2O2. The molecule has 4 heteroatoms. The molecule has 0 spiro atoms. The Labute approximate surface area is 165 Å². The Hall–Kier alpha value is -3.27. The van der Waals surface area contributed by atoms with Gasteiger partial charge in [0.25, 0.3) is 0 Å². The summed E-state index contributed by atoms with van der Waals surface area (Å²) in [5.74, 6) is 2.60. The molecule has 0 amide bonds. The topological polar surface area (TPSA) is 36.3 Å². The van der Waals surface area contributed by atoms with Gasteiger partial charge in [0, 0.05) is 18.2 Å². The molecule has 0 fully saturated rings. The third-order valence-electron chi connectivity index (χ3n) is 4.97. The van der Waals surface area contributed by atoms with E-state index in [0.717, 1.165) is 53.3 Å². The van der Waals surface area contributed by atoms with E-state index >= 15 is 0 Å². The maximum Gasteiger partial charge on any atom is 0.141 e. The summed E-state index contributed by atoms with van der Waals surface area (Å²) in [6.07, 6.45) is 2.08. The molecule has 0 aliphatic heterocycles. The fraction of sp³-hybridized carbons (Fsp3) is 0.208. The van der Waals surface area contributed by atoms with Gasteiger partial charge in [-0.25, -0.2) is 4.98 Å². The van der Waals surface area contributed by atoms with Crippen molar-refractivity contribution in [2.75, 3.05) is 14.2 Å². The van der Waals surface area contributed by atoms with E-state index in [1.807, 2.05) is 30.3 Å². The molecule has 0 unspecified atom stereocenters. The third kappa shape index (κ3) is 3.72. The van der Waals surface area contributed by atoms with E-state index in [9.17, 15) is 0 Å². The number of benzene rings is 3. The first-order valence-corrected chi connectivity index (χ1v) is 9.51. The van der Waals surface area contributed by atoms with Crippen molar-refractivity contribution in [1.82, 2.24) is 9.55 Å². The highest BCUT2D eigenvalue weighted by Crippen LogP contribution is 2.29. The highest BCUT2D eigenvalue weighted by atomic mass is 16.5. The van der Waals surface area contributed by atoms with Crippen LogP contribution in [-0.2, 0) is 13.0 Å². The number of rotatable bonds is 7. The van der Waals surface area contributed by atoms with Gasteiger partial charge in [0.15, 0.2) is 0 Å². The van der Waals surface area contributed by atoms with E-state index in [1.54, 1.807) is 14.2 Å². The third-order valence-corrected chi connectivity index (χ3v) is 4.97. The Kier molecular flexibility index (Phi) is 5.29. The van der Waals surface area contributed by atoms with Crippen LogP contribution in [0.3, 0.4) is 0 Å². The number of hydrogen-bond donors (Lipinski definition) is 0. The number of ether oxygens (including phenoxy) is 2. The molecule has 142 valence electrons. The summed E-state index contributed by atoms with van der Waals surface area (Å²) in [7, 11) is 3.37. The maximum absolute atomic E-state index is 5.41. The molecule has 0 atom stereocenters. The molecule has 4 aromatic rings. The largest absolute Gasteiger partial charge is 0.497 e. The van der Waals surface area contributed by atoms with Gasteiger partial charge in [-0.3, -0.25) is 0 Å². The van der Waals surface area contributed by atoms with Crippen LogP contribution in [0.5, 0.6) is 11.5 Å². The van der Waals surface area contributed by atoms with Crippen molar-refractivity contribution in [1.29, 1.82) is 0 Å². The Balaban J connectivity index is 1.71. The summed E-state index contributed by atoms with van der Waals surface area (Å²) >= 11 is 0. The number of aryl methyl sites for hydroxylation is 2. The first-order chi connectivity index (χ1) is 13.8. The van der Waals surface area contributed by atoms with E-state index in [4.69, 9.17) is 14.5 Å². The predicted octanol–water partition coefficient (Wildman–Crippen LogP) is 5.35. The number of fused-ring (bicyclic) bond motifs is 1. The van der Waals surface area contributed by atoms with Gasteiger partial charge in [-0.2, -0.15) is 0 Å². The minimum atomic E-state index is 0.818. The Morgan fingerprint density at radius 1 is 0.821 bits per heavy atom. The minimum absolute atomic E-state index is 0.818. The van der Waals surface area contributed by atoms with E-state index in [-0.39, 0.29) is 0 Å². The normalized spacial score (nSPS) is 10.9. The minimum Gasteiger partial charge on any atom is -0.497 e. The number of aromatic nitrogens is 2.